The number of hydrogen-bond donors (Lipinski definition) is 3. The summed E-state index contributed by atoms with van der Waals surface area (Å²) in [6, 6.07) is 1.29. The van der Waals surface area contributed by atoms with Crippen molar-refractivity contribution in [2.45, 2.75) is 13.3 Å². The van der Waals surface area contributed by atoms with E-state index in [9.17, 15) is 4.79 Å². The minimum Gasteiger partial charge on any atom is -0.338 e. The van der Waals surface area contributed by atoms with Crippen LogP contribution in [0.4, 0.5) is 10.7 Å². The molecule has 90 valence electrons. The minimum atomic E-state index is -0.347. The van der Waals surface area contributed by atoms with E-state index in [1.54, 1.807) is 13.0 Å². The van der Waals surface area contributed by atoms with Gasteiger partial charge in [0, 0.05) is 19.0 Å². The fourth-order valence-electron chi connectivity index (χ4n) is 1.22. The lowest BCUT2D eigenvalue weighted by atomic mass is 10.4. The van der Waals surface area contributed by atoms with Gasteiger partial charge in [-0.05, 0) is 6.92 Å². The number of amides is 2. The summed E-state index contributed by atoms with van der Waals surface area (Å²) in [4.78, 5) is 15.3. The highest BCUT2D eigenvalue weighted by molar-refractivity contribution is 5.87. The smallest absolute Gasteiger partial charge is 0.321 e. The molecule has 0 unspecified atom stereocenters. The van der Waals surface area contributed by atoms with Gasteiger partial charge in [0.1, 0.15) is 12.2 Å². The number of aryl methyl sites for hydroxylation is 1. The molecule has 2 rings (SSSR count). The average Bonchev–Trinajstić information content (AvgIpc) is 2.90. The Hall–Kier alpha value is -2.38. The van der Waals surface area contributed by atoms with Crippen LogP contribution in [0.5, 0.6) is 0 Å². The van der Waals surface area contributed by atoms with Crippen LogP contribution in [0.15, 0.2) is 16.9 Å². The number of nitrogens with zero attached hydrogens (tertiary/aromatic N) is 3. The third kappa shape index (κ3) is 3.30. The van der Waals surface area contributed by atoms with Crippen LogP contribution in [-0.4, -0.2) is 32.9 Å². The average molecular weight is 236 g/mol. The Balaban J connectivity index is 1.71. The molecule has 0 aliphatic carbocycles. The van der Waals surface area contributed by atoms with Gasteiger partial charge in [-0.1, -0.05) is 5.16 Å². The van der Waals surface area contributed by atoms with Gasteiger partial charge in [0.15, 0.2) is 0 Å². The van der Waals surface area contributed by atoms with Gasteiger partial charge in [0.25, 0.3) is 0 Å². The van der Waals surface area contributed by atoms with Gasteiger partial charge in [-0.3, -0.25) is 10.4 Å². The summed E-state index contributed by atoms with van der Waals surface area (Å²) in [5.74, 6) is 1.04. The molecule has 2 amide bonds. The maximum Gasteiger partial charge on any atom is 0.321 e. The van der Waals surface area contributed by atoms with Gasteiger partial charge in [-0.2, -0.15) is 5.10 Å². The number of carbonyl (C=O) groups is 1. The van der Waals surface area contributed by atoms with Crippen molar-refractivity contribution in [2.24, 2.45) is 0 Å². The molecule has 0 aliphatic heterocycles. The van der Waals surface area contributed by atoms with Crippen LogP contribution in [0.1, 0.15) is 11.5 Å². The molecule has 0 aromatic carbocycles. The van der Waals surface area contributed by atoms with Crippen LogP contribution in [0.3, 0.4) is 0 Å². The van der Waals surface area contributed by atoms with Crippen molar-refractivity contribution >= 4 is 11.9 Å². The lowest BCUT2D eigenvalue weighted by Gasteiger charge is -2.02. The van der Waals surface area contributed by atoms with Crippen molar-refractivity contribution in [1.29, 1.82) is 0 Å². The molecular formula is C9H12N6O2. The standard InChI is InChI=1S/C9H12N6O2/c1-6-4-8(17-15-6)13-9(16)10-3-2-7-11-5-12-14-7/h4-5H,2-3H2,1H3,(H2,10,13,16)(H,11,12,14). The minimum absolute atomic E-state index is 0.319. The lowest BCUT2D eigenvalue weighted by molar-refractivity contribution is 0.251. The molecule has 2 aromatic heterocycles. The second-order valence-electron chi connectivity index (χ2n) is 3.40. The first kappa shape index (κ1) is 11.1. The van der Waals surface area contributed by atoms with E-state index in [1.807, 2.05) is 0 Å². The van der Waals surface area contributed by atoms with E-state index >= 15 is 0 Å². The summed E-state index contributed by atoms with van der Waals surface area (Å²) in [7, 11) is 0. The molecule has 2 heterocycles. The number of hydrogen-bond acceptors (Lipinski definition) is 5. The molecule has 0 atom stereocenters. The van der Waals surface area contributed by atoms with E-state index in [2.05, 4.69) is 31.0 Å². The molecular weight excluding hydrogens is 224 g/mol. The quantitative estimate of drug-likeness (QED) is 0.714. The van der Waals surface area contributed by atoms with E-state index in [-0.39, 0.29) is 6.03 Å². The molecule has 0 aliphatic rings. The maximum atomic E-state index is 11.4. The molecule has 0 bridgehead atoms. The molecule has 8 nitrogen and oxygen atoms in total. The second-order valence-corrected chi connectivity index (χ2v) is 3.40. The number of aromatic amines is 1. The van der Waals surface area contributed by atoms with Crippen molar-refractivity contribution in [1.82, 2.24) is 25.7 Å². The first-order valence-corrected chi connectivity index (χ1v) is 5.06. The first-order valence-electron chi connectivity index (χ1n) is 5.06. The molecule has 0 spiro atoms. The Kier molecular flexibility index (Phi) is 3.34. The van der Waals surface area contributed by atoms with Crippen LogP contribution >= 0.6 is 0 Å². The van der Waals surface area contributed by atoms with Gasteiger partial charge < -0.3 is 9.84 Å². The third-order valence-electron chi connectivity index (χ3n) is 1.98. The van der Waals surface area contributed by atoms with Crippen molar-refractivity contribution < 1.29 is 9.32 Å². The molecule has 8 heteroatoms. The van der Waals surface area contributed by atoms with Crippen LogP contribution < -0.4 is 10.6 Å². The van der Waals surface area contributed by atoms with E-state index < -0.39 is 0 Å². The normalized spacial score (nSPS) is 10.2. The number of H-pyrrole nitrogens is 1. The predicted molar refractivity (Wildman–Crippen MR) is 58.3 cm³/mol. The van der Waals surface area contributed by atoms with Gasteiger partial charge in [0.2, 0.25) is 5.88 Å². The number of carbonyl (C=O) groups excluding carboxylic acids is 1. The number of anilines is 1. The SMILES string of the molecule is Cc1cc(NC(=O)NCCc2ncn[nH]2)on1. The largest absolute Gasteiger partial charge is 0.338 e. The molecule has 0 saturated carbocycles. The van der Waals surface area contributed by atoms with Crippen molar-refractivity contribution in [3.8, 4) is 0 Å². The summed E-state index contributed by atoms with van der Waals surface area (Å²) in [6.07, 6.45) is 2.01. The van der Waals surface area contributed by atoms with E-state index in [0.717, 1.165) is 5.82 Å². The van der Waals surface area contributed by atoms with Crippen molar-refractivity contribution in [2.75, 3.05) is 11.9 Å². The van der Waals surface area contributed by atoms with Gasteiger partial charge in [-0.25, -0.2) is 9.78 Å². The summed E-state index contributed by atoms with van der Waals surface area (Å²) in [6.45, 7) is 2.23. The topological polar surface area (TPSA) is 109 Å². The van der Waals surface area contributed by atoms with Gasteiger partial charge >= 0.3 is 6.03 Å². The maximum absolute atomic E-state index is 11.4. The van der Waals surface area contributed by atoms with Crippen LogP contribution in [0, 0.1) is 6.92 Å². The number of nitrogens with one attached hydrogen (secondary N) is 3. The highest BCUT2D eigenvalue weighted by Gasteiger charge is 2.05. The Morgan fingerprint density at radius 2 is 2.47 bits per heavy atom. The second kappa shape index (κ2) is 5.10. The molecule has 0 radical (unpaired) electrons. The number of urea groups is 1. The molecule has 0 saturated heterocycles. The molecule has 17 heavy (non-hydrogen) atoms. The number of rotatable bonds is 4. The summed E-state index contributed by atoms with van der Waals surface area (Å²) in [5.41, 5.74) is 0.710. The van der Waals surface area contributed by atoms with Crippen LogP contribution in [0.2, 0.25) is 0 Å². The first-order chi connectivity index (χ1) is 8.24. The fourth-order valence-corrected chi connectivity index (χ4v) is 1.22. The predicted octanol–water partition coefficient (Wildman–Crippen LogP) is 0.465. The fraction of sp³-hybridized carbons (Fsp3) is 0.333. The Morgan fingerprint density at radius 3 is 3.12 bits per heavy atom. The Bertz CT molecular complexity index is 477. The molecule has 0 fully saturated rings. The van der Waals surface area contributed by atoms with Crippen LogP contribution in [0.25, 0.3) is 0 Å². The van der Waals surface area contributed by atoms with Gasteiger partial charge in [0.05, 0.1) is 5.69 Å². The van der Waals surface area contributed by atoms with Crippen molar-refractivity contribution in [3.05, 3.63) is 23.9 Å². The Labute approximate surface area is 96.8 Å². The Morgan fingerprint density at radius 1 is 1.59 bits per heavy atom. The van der Waals surface area contributed by atoms with Crippen molar-refractivity contribution in [3.63, 3.8) is 0 Å². The monoisotopic (exact) mass is 236 g/mol. The zero-order valence-electron chi connectivity index (χ0n) is 9.23. The summed E-state index contributed by atoms with van der Waals surface area (Å²) in [5, 5.41) is 15.2. The van der Waals surface area contributed by atoms with E-state index in [0.29, 0.717) is 24.5 Å². The number of aromatic nitrogens is 4. The highest BCUT2D eigenvalue weighted by atomic mass is 16.5. The van der Waals surface area contributed by atoms with E-state index in [1.165, 1.54) is 6.33 Å². The van der Waals surface area contributed by atoms with Crippen LogP contribution in [-0.2, 0) is 6.42 Å². The molecule has 2 aromatic rings. The molecule has 3 N–H and O–H groups in total. The lowest BCUT2D eigenvalue weighted by Crippen LogP contribution is -2.30. The van der Waals surface area contributed by atoms with Gasteiger partial charge in [-0.15, -0.1) is 0 Å². The zero-order chi connectivity index (χ0) is 12.1. The summed E-state index contributed by atoms with van der Waals surface area (Å²) < 4.78 is 4.84. The highest BCUT2D eigenvalue weighted by Crippen LogP contribution is 2.07. The zero-order valence-corrected chi connectivity index (χ0v) is 9.23. The van der Waals surface area contributed by atoms with E-state index in [4.69, 9.17) is 4.52 Å². The summed E-state index contributed by atoms with van der Waals surface area (Å²) >= 11 is 0. The third-order valence-corrected chi connectivity index (χ3v) is 1.98.